The zero-order valence-corrected chi connectivity index (χ0v) is 9.92. The van der Waals surface area contributed by atoms with Gasteiger partial charge in [0.05, 0.1) is 0 Å². The lowest BCUT2D eigenvalue weighted by molar-refractivity contribution is 0.769. The number of hydrogen-bond acceptors (Lipinski definition) is 5. The molecule has 15 heavy (non-hydrogen) atoms. The molecule has 1 atom stereocenters. The average Bonchev–Trinajstić information content (AvgIpc) is 2.29. The second-order valence-electron chi connectivity index (χ2n) is 3.62. The maximum absolute atomic E-state index is 4.44. The minimum atomic E-state index is 0.687. The van der Waals surface area contributed by atoms with Crippen molar-refractivity contribution in [2.75, 3.05) is 36.1 Å². The lowest BCUT2D eigenvalue weighted by Gasteiger charge is -2.31. The van der Waals surface area contributed by atoms with Crippen molar-refractivity contribution >= 4 is 23.5 Å². The smallest absolute Gasteiger partial charge is 0.224 e. The summed E-state index contributed by atoms with van der Waals surface area (Å²) in [6, 6.07) is 1.98. The first kappa shape index (κ1) is 10.5. The Kier molecular flexibility index (Phi) is 3.30. The minimum absolute atomic E-state index is 0.687. The molecule has 0 spiro atoms. The molecule has 1 aromatic heterocycles. The molecule has 1 unspecified atom stereocenters. The molecule has 0 amide bonds. The van der Waals surface area contributed by atoms with E-state index < -0.39 is 0 Å². The lowest BCUT2D eigenvalue weighted by atomic mass is 10.3. The molecule has 5 heteroatoms. The molecule has 1 N–H and O–H groups in total. The van der Waals surface area contributed by atoms with Gasteiger partial charge in [0.2, 0.25) is 5.95 Å². The summed E-state index contributed by atoms with van der Waals surface area (Å²) in [6.07, 6.45) is 1.81. The summed E-state index contributed by atoms with van der Waals surface area (Å²) in [5.74, 6) is 2.90. The van der Waals surface area contributed by atoms with Crippen LogP contribution in [-0.2, 0) is 0 Å². The van der Waals surface area contributed by atoms with E-state index >= 15 is 0 Å². The molecule has 0 bridgehead atoms. The van der Waals surface area contributed by atoms with Gasteiger partial charge in [0.25, 0.3) is 0 Å². The highest BCUT2D eigenvalue weighted by molar-refractivity contribution is 8.00. The summed E-state index contributed by atoms with van der Waals surface area (Å²) in [7, 11) is 1.84. The maximum atomic E-state index is 4.44. The maximum Gasteiger partial charge on any atom is 0.224 e. The van der Waals surface area contributed by atoms with Gasteiger partial charge in [0.1, 0.15) is 5.82 Å². The number of rotatable bonds is 2. The first-order valence-corrected chi connectivity index (χ1v) is 6.22. The van der Waals surface area contributed by atoms with Crippen molar-refractivity contribution in [1.82, 2.24) is 9.97 Å². The van der Waals surface area contributed by atoms with Crippen molar-refractivity contribution < 1.29 is 0 Å². The van der Waals surface area contributed by atoms with Crippen molar-refractivity contribution in [1.29, 1.82) is 0 Å². The normalized spacial score (nSPS) is 21.5. The van der Waals surface area contributed by atoms with Gasteiger partial charge in [-0.25, -0.2) is 4.98 Å². The van der Waals surface area contributed by atoms with Crippen LogP contribution in [0.2, 0.25) is 0 Å². The van der Waals surface area contributed by atoms with Crippen molar-refractivity contribution in [3.63, 3.8) is 0 Å². The van der Waals surface area contributed by atoms with Crippen molar-refractivity contribution in [3.8, 4) is 0 Å². The Morgan fingerprint density at radius 2 is 2.47 bits per heavy atom. The predicted octanol–water partition coefficient (Wildman–Crippen LogP) is 1.46. The first-order chi connectivity index (χ1) is 7.29. The number of nitrogens with zero attached hydrogens (tertiary/aromatic N) is 3. The van der Waals surface area contributed by atoms with Crippen LogP contribution in [0.3, 0.4) is 0 Å². The Bertz CT molecular complexity index is 331. The molecular weight excluding hydrogens is 208 g/mol. The first-order valence-electron chi connectivity index (χ1n) is 5.17. The van der Waals surface area contributed by atoms with Crippen LogP contribution in [0.4, 0.5) is 11.8 Å². The van der Waals surface area contributed by atoms with E-state index in [9.17, 15) is 0 Å². The molecular formula is C10H16N4S. The molecule has 1 aliphatic heterocycles. The summed E-state index contributed by atoms with van der Waals surface area (Å²) in [5, 5.41) is 3.65. The summed E-state index contributed by atoms with van der Waals surface area (Å²) >= 11 is 2.03. The molecule has 2 rings (SSSR count). The van der Waals surface area contributed by atoms with Gasteiger partial charge >= 0.3 is 0 Å². The molecule has 0 aliphatic carbocycles. The van der Waals surface area contributed by atoms with E-state index in [-0.39, 0.29) is 0 Å². The quantitative estimate of drug-likeness (QED) is 0.823. The second-order valence-corrected chi connectivity index (χ2v) is 5.16. The predicted molar refractivity (Wildman–Crippen MR) is 65.7 cm³/mol. The Morgan fingerprint density at radius 3 is 3.20 bits per heavy atom. The zero-order valence-electron chi connectivity index (χ0n) is 9.10. The Morgan fingerprint density at radius 1 is 1.60 bits per heavy atom. The van der Waals surface area contributed by atoms with Crippen molar-refractivity contribution in [3.05, 3.63) is 12.3 Å². The van der Waals surface area contributed by atoms with Crippen LogP contribution in [0, 0.1) is 0 Å². The van der Waals surface area contributed by atoms with E-state index in [2.05, 4.69) is 27.1 Å². The van der Waals surface area contributed by atoms with Gasteiger partial charge < -0.3 is 10.2 Å². The van der Waals surface area contributed by atoms with E-state index in [0.29, 0.717) is 11.2 Å². The van der Waals surface area contributed by atoms with Gasteiger partial charge in [0.15, 0.2) is 0 Å². The number of hydrogen-bond donors (Lipinski definition) is 1. The van der Waals surface area contributed by atoms with E-state index in [1.54, 1.807) is 6.20 Å². The fourth-order valence-corrected chi connectivity index (χ4v) is 2.69. The van der Waals surface area contributed by atoms with Crippen LogP contribution in [0.5, 0.6) is 0 Å². The molecule has 1 fully saturated rings. The fraction of sp³-hybridized carbons (Fsp3) is 0.600. The molecule has 0 aromatic carbocycles. The Hall–Kier alpha value is -0.970. The average molecular weight is 224 g/mol. The third kappa shape index (κ3) is 2.53. The largest absolute Gasteiger partial charge is 0.357 e. The van der Waals surface area contributed by atoms with E-state index in [1.807, 2.05) is 24.9 Å². The molecule has 4 nitrogen and oxygen atoms in total. The number of thioether (sulfide) groups is 1. The third-order valence-electron chi connectivity index (χ3n) is 2.43. The van der Waals surface area contributed by atoms with Crippen LogP contribution >= 0.6 is 11.8 Å². The van der Waals surface area contributed by atoms with Gasteiger partial charge in [-0.1, -0.05) is 6.92 Å². The Balaban J connectivity index is 2.13. The lowest BCUT2D eigenvalue weighted by Crippen LogP contribution is -2.37. The SMILES string of the molecule is CNc1nccc(N2CCSC(C)C2)n1. The van der Waals surface area contributed by atoms with Crippen LogP contribution in [-0.4, -0.2) is 41.1 Å². The highest BCUT2D eigenvalue weighted by Gasteiger charge is 2.17. The molecule has 1 aromatic rings. The van der Waals surface area contributed by atoms with Crippen molar-refractivity contribution in [2.45, 2.75) is 12.2 Å². The molecule has 2 heterocycles. The van der Waals surface area contributed by atoms with Crippen molar-refractivity contribution in [2.24, 2.45) is 0 Å². The van der Waals surface area contributed by atoms with E-state index in [0.717, 1.165) is 18.9 Å². The van der Waals surface area contributed by atoms with E-state index in [4.69, 9.17) is 0 Å². The molecule has 0 saturated carbocycles. The molecule has 1 saturated heterocycles. The highest BCUT2D eigenvalue weighted by atomic mass is 32.2. The zero-order chi connectivity index (χ0) is 10.7. The number of anilines is 2. The third-order valence-corrected chi connectivity index (χ3v) is 3.57. The van der Waals surface area contributed by atoms with E-state index in [1.165, 1.54) is 5.75 Å². The van der Waals surface area contributed by atoms with Crippen LogP contribution in [0.25, 0.3) is 0 Å². The van der Waals surface area contributed by atoms with Gasteiger partial charge in [-0.3, -0.25) is 0 Å². The molecule has 82 valence electrons. The molecule has 1 aliphatic rings. The summed E-state index contributed by atoms with van der Waals surface area (Å²) < 4.78 is 0. The van der Waals surface area contributed by atoms with Gasteiger partial charge in [-0.2, -0.15) is 16.7 Å². The topological polar surface area (TPSA) is 41.1 Å². The fourth-order valence-electron chi connectivity index (χ4n) is 1.67. The number of aromatic nitrogens is 2. The highest BCUT2D eigenvalue weighted by Crippen LogP contribution is 2.22. The van der Waals surface area contributed by atoms with Gasteiger partial charge in [-0.15, -0.1) is 0 Å². The van der Waals surface area contributed by atoms with Crippen LogP contribution in [0.1, 0.15) is 6.92 Å². The van der Waals surface area contributed by atoms with Gasteiger partial charge in [-0.05, 0) is 6.07 Å². The van der Waals surface area contributed by atoms with Crippen LogP contribution in [0.15, 0.2) is 12.3 Å². The second kappa shape index (κ2) is 4.70. The summed E-state index contributed by atoms with van der Waals surface area (Å²) in [6.45, 7) is 4.41. The number of nitrogens with one attached hydrogen (secondary N) is 1. The Labute approximate surface area is 94.5 Å². The standard InChI is InChI=1S/C10H16N4S/c1-8-7-14(5-6-15-8)9-3-4-12-10(11-2)13-9/h3-4,8H,5-7H2,1-2H3,(H,11,12,13). The monoisotopic (exact) mass is 224 g/mol. The van der Waals surface area contributed by atoms with Gasteiger partial charge in [0, 0.05) is 37.3 Å². The summed E-state index contributed by atoms with van der Waals surface area (Å²) in [4.78, 5) is 10.9. The summed E-state index contributed by atoms with van der Waals surface area (Å²) in [5.41, 5.74) is 0. The molecule has 0 radical (unpaired) electrons. The minimum Gasteiger partial charge on any atom is -0.357 e. The van der Waals surface area contributed by atoms with Crippen LogP contribution < -0.4 is 10.2 Å².